The van der Waals surface area contributed by atoms with Gasteiger partial charge in [0.25, 0.3) is 5.91 Å². The van der Waals surface area contributed by atoms with Crippen LogP contribution in [0.1, 0.15) is 59.2 Å². The number of fused-ring (bicyclic) bond motifs is 1. The molecule has 0 spiro atoms. The van der Waals surface area contributed by atoms with Crippen molar-refractivity contribution in [2.24, 2.45) is 5.92 Å². The van der Waals surface area contributed by atoms with Gasteiger partial charge in [-0.15, -0.1) is 5.10 Å². The fraction of sp³-hybridized carbons (Fsp3) is 0.417. The number of halogens is 1. The van der Waals surface area contributed by atoms with E-state index in [0.717, 1.165) is 22.3 Å². The zero-order chi connectivity index (χ0) is 37.6. The summed E-state index contributed by atoms with van der Waals surface area (Å²) in [5.74, 6) is -3.63. The summed E-state index contributed by atoms with van der Waals surface area (Å²) in [6.07, 6.45) is 0.0842. The molecule has 0 unspecified atom stereocenters. The molecule has 0 radical (unpaired) electrons. The van der Waals surface area contributed by atoms with Crippen LogP contribution in [-0.2, 0) is 43.6 Å². The molecule has 2 saturated heterocycles. The van der Waals surface area contributed by atoms with Crippen LogP contribution in [-0.4, -0.2) is 103 Å². The predicted octanol–water partition coefficient (Wildman–Crippen LogP) is 0.904. The van der Waals surface area contributed by atoms with Gasteiger partial charge in [0.05, 0.1) is 31.8 Å². The Kier molecular flexibility index (Phi) is 11.1. The van der Waals surface area contributed by atoms with Crippen molar-refractivity contribution in [2.45, 2.75) is 70.0 Å². The smallest absolute Gasteiger partial charge is 0.303 e. The molecule has 53 heavy (non-hydrogen) atoms. The number of nitrogens with one attached hydrogen (secondary N) is 3. The number of alkyl halides is 1. The first-order valence-corrected chi connectivity index (χ1v) is 17.3. The Morgan fingerprint density at radius 2 is 1.79 bits per heavy atom. The highest BCUT2D eigenvalue weighted by atomic mass is 19.1. The van der Waals surface area contributed by atoms with Crippen molar-refractivity contribution in [3.8, 4) is 17.3 Å². The number of hydrogen-bond acceptors (Lipinski definition) is 9. The van der Waals surface area contributed by atoms with Crippen molar-refractivity contribution in [2.75, 3.05) is 19.6 Å². The van der Waals surface area contributed by atoms with Crippen LogP contribution >= 0.6 is 0 Å². The summed E-state index contributed by atoms with van der Waals surface area (Å²) in [5, 5.41) is 34.4. The van der Waals surface area contributed by atoms with E-state index in [-0.39, 0.29) is 63.6 Å². The highest BCUT2D eigenvalue weighted by Crippen LogP contribution is 2.30. The summed E-state index contributed by atoms with van der Waals surface area (Å²) in [6.45, 7) is 1.27. The summed E-state index contributed by atoms with van der Waals surface area (Å²) < 4.78 is 15.6. The van der Waals surface area contributed by atoms with Gasteiger partial charge in [-0.2, -0.15) is 5.26 Å². The number of carbonyl (C=O) groups excluding carboxylic acids is 5. The minimum Gasteiger partial charge on any atom is -0.481 e. The zero-order valence-corrected chi connectivity index (χ0v) is 28.7. The molecule has 4 atom stereocenters. The maximum absolute atomic E-state index is 13.9. The molecule has 1 aromatic heterocycles. The van der Waals surface area contributed by atoms with E-state index in [4.69, 9.17) is 5.11 Å². The number of rotatable bonds is 13. The maximum atomic E-state index is 13.9. The van der Waals surface area contributed by atoms with E-state index >= 15 is 0 Å². The Balaban J connectivity index is 0.994. The van der Waals surface area contributed by atoms with Gasteiger partial charge in [-0.25, -0.2) is 9.07 Å². The molecule has 3 aliphatic rings. The summed E-state index contributed by atoms with van der Waals surface area (Å²) in [7, 11) is 0. The second-order valence-corrected chi connectivity index (χ2v) is 13.3. The van der Waals surface area contributed by atoms with E-state index in [1.165, 1.54) is 4.90 Å². The van der Waals surface area contributed by atoms with Crippen molar-refractivity contribution in [3.05, 3.63) is 70.9 Å². The van der Waals surface area contributed by atoms with Crippen LogP contribution in [0.15, 0.2) is 48.7 Å². The number of aliphatic carboxylic acids is 1. The predicted molar refractivity (Wildman–Crippen MR) is 183 cm³/mol. The van der Waals surface area contributed by atoms with Gasteiger partial charge >= 0.3 is 5.97 Å². The summed E-state index contributed by atoms with van der Waals surface area (Å²) in [6, 6.07) is 12.8. The Hall–Kier alpha value is -6.18. The number of hydrogen-bond donors (Lipinski definition) is 4. The van der Waals surface area contributed by atoms with E-state index in [2.05, 4.69) is 26.3 Å². The lowest BCUT2D eigenvalue weighted by atomic mass is 9.99. The zero-order valence-electron chi connectivity index (χ0n) is 28.7. The highest BCUT2D eigenvalue weighted by molar-refractivity contribution is 5.95. The molecule has 0 bridgehead atoms. The number of amides is 5. The van der Waals surface area contributed by atoms with Crippen LogP contribution in [0.2, 0.25) is 0 Å². The Bertz CT molecular complexity index is 1960. The highest BCUT2D eigenvalue weighted by Gasteiger charge is 2.44. The first-order valence-electron chi connectivity index (χ1n) is 17.3. The summed E-state index contributed by atoms with van der Waals surface area (Å²) in [4.78, 5) is 76.7. The van der Waals surface area contributed by atoms with E-state index in [1.54, 1.807) is 40.0 Å². The molecule has 5 amide bonds. The minimum absolute atomic E-state index is 0.0516. The first kappa shape index (κ1) is 36.6. The lowest BCUT2D eigenvalue weighted by Gasteiger charge is -2.22. The molecule has 0 saturated carbocycles. The second kappa shape index (κ2) is 16.0. The number of carboxylic acids is 1. The quantitative estimate of drug-likeness (QED) is 0.182. The van der Waals surface area contributed by atoms with Crippen molar-refractivity contribution in [3.63, 3.8) is 0 Å². The lowest BCUT2D eigenvalue weighted by molar-refractivity contribution is -0.138. The van der Waals surface area contributed by atoms with Gasteiger partial charge in [0.15, 0.2) is 0 Å². The molecule has 16 nitrogen and oxygen atoms in total. The number of carboxylic acid groups (broad SMARTS) is 1. The van der Waals surface area contributed by atoms with Gasteiger partial charge in [-0.3, -0.25) is 28.8 Å². The van der Waals surface area contributed by atoms with Crippen molar-refractivity contribution >= 4 is 35.5 Å². The number of likely N-dealkylation sites (tertiary alicyclic amines) is 1. The molecule has 4 N–H and O–H groups in total. The normalized spacial score (nSPS) is 20.4. The van der Waals surface area contributed by atoms with Gasteiger partial charge in [-0.05, 0) is 35.2 Å². The standard InChI is InChI=1S/C36H38FN9O7/c37-26-14-27(15-38)46(18-26)36(53)29-12-25(35(52)41-29)13-32(48)44-16-23-2-1-3-24(28(23)19-44)17-45-20-30(42-43-45)21-4-6-22(7-5-21)34(51)40-11-10-39-31(47)8-9-33(49)50/h1-7,20,25-27,29H,8-14,16-19H2,(H,39,47)(H,40,51)(H,41,52)(H,49,50)/t25-,26-,27-,29-/m0/s1. The van der Waals surface area contributed by atoms with Gasteiger partial charge in [0, 0.05) is 62.5 Å². The molecule has 3 aliphatic heterocycles. The van der Waals surface area contributed by atoms with E-state index in [1.807, 2.05) is 24.3 Å². The van der Waals surface area contributed by atoms with Gasteiger partial charge in [0.2, 0.25) is 23.6 Å². The fourth-order valence-electron chi connectivity index (χ4n) is 6.85. The molecule has 6 rings (SSSR count). The number of aromatic nitrogens is 3. The largest absolute Gasteiger partial charge is 0.481 e. The molecule has 17 heteroatoms. The average Bonchev–Trinajstić information content (AvgIpc) is 3.95. The Labute approximate surface area is 303 Å². The molecule has 2 fully saturated rings. The minimum atomic E-state index is -1.28. The number of nitrogens with zero attached hydrogens (tertiary/aromatic N) is 6. The van der Waals surface area contributed by atoms with Crippen LogP contribution in [0, 0.1) is 17.2 Å². The molecule has 0 aliphatic carbocycles. The topological polar surface area (TPSA) is 220 Å². The van der Waals surface area contributed by atoms with Crippen molar-refractivity contribution in [1.29, 1.82) is 5.26 Å². The Morgan fingerprint density at radius 1 is 1.02 bits per heavy atom. The summed E-state index contributed by atoms with van der Waals surface area (Å²) in [5.41, 5.74) is 4.65. The van der Waals surface area contributed by atoms with Crippen LogP contribution < -0.4 is 16.0 Å². The van der Waals surface area contributed by atoms with Gasteiger partial charge < -0.3 is 30.9 Å². The first-order chi connectivity index (χ1) is 25.5. The van der Waals surface area contributed by atoms with E-state index in [9.17, 15) is 38.4 Å². The molecular formula is C36H38FN9O7. The SMILES string of the molecule is N#C[C@@H]1C[C@H](F)CN1C(=O)[C@@H]1C[C@@H](CC(=O)N2Cc3cccc(Cn4cc(-c5ccc(C(=O)NCCNC(=O)CCC(=O)O)cc5)nn4)c3C2)C(=O)N1. The number of benzene rings is 2. The third-order valence-electron chi connectivity index (χ3n) is 9.65. The molecule has 276 valence electrons. The maximum Gasteiger partial charge on any atom is 0.303 e. The average molecular weight is 728 g/mol. The lowest BCUT2D eigenvalue weighted by Crippen LogP contribution is -2.46. The van der Waals surface area contributed by atoms with Crippen molar-refractivity contribution in [1.82, 2.24) is 40.7 Å². The summed E-state index contributed by atoms with van der Waals surface area (Å²) >= 11 is 0. The third kappa shape index (κ3) is 8.66. The third-order valence-corrected chi connectivity index (χ3v) is 9.65. The molecule has 4 heterocycles. The monoisotopic (exact) mass is 727 g/mol. The van der Waals surface area contributed by atoms with Crippen LogP contribution in [0.4, 0.5) is 4.39 Å². The van der Waals surface area contributed by atoms with Gasteiger partial charge in [0.1, 0.15) is 23.9 Å². The second-order valence-electron chi connectivity index (χ2n) is 13.3. The fourth-order valence-corrected chi connectivity index (χ4v) is 6.85. The number of carbonyl (C=O) groups is 6. The Morgan fingerprint density at radius 3 is 2.55 bits per heavy atom. The molecule has 2 aromatic carbocycles. The van der Waals surface area contributed by atoms with Crippen molar-refractivity contribution < 1.29 is 38.3 Å². The van der Waals surface area contributed by atoms with Crippen LogP contribution in [0.5, 0.6) is 0 Å². The van der Waals surface area contributed by atoms with E-state index in [0.29, 0.717) is 30.9 Å². The van der Waals surface area contributed by atoms with Crippen LogP contribution in [0.25, 0.3) is 11.3 Å². The van der Waals surface area contributed by atoms with Gasteiger partial charge in [-0.1, -0.05) is 35.5 Å². The number of nitriles is 1. The molecular weight excluding hydrogens is 689 g/mol. The van der Waals surface area contributed by atoms with E-state index < -0.39 is 47.9 Å². The molecule has 3 aromatic rings. The van der Waals surface area contributed by atoms with Crippen LogP contribution in [0.3, 0.4) is 0 Å².